The van der Waals surface area contributed by atoms with E-state index in [1.54, 1.807) is 13.2 Å². The second-order valence-corrected chi connectivity index (χ2v) is 10.6. The Kier molecular flexibility index (Phi) is 8.38. The Morgan fingerprint density at radius 3 is 2.50 bits per heavy atom. The van der Waals surface area contributed by atoms with E-state index in [0.29, 0.717) is 18.9 Å². The van der Waals surface area contributed by atoms with E-state index in [1.807, 2.05) is 19.1 Å². The number of aryl methyl sites for hydroxylation is 2. The van der Waals surface area contributed by atoms with Gasteiger partial charge in [0.15, 0.2) is 0 Å². The Labute approximate surface area is 233 Å². The van der Waals surface area contributed by atoms with E-state index in [1.165, 1.54) is 23.3 Å². The van der Waals surface area contributed by atoms with Gasteiger partial charge in [0, 0.05) is 48.8 Å². The maximum atomic E-state index is 12.8. The summed E-state index contributed by atoms with van der Waals surface area (Å²) < 4.78 is 50.2. The van der Waals surface area contributed by atoms with Crippen LogP contribution in [0.25, 0.3) is 22.0 Å². The molecule has 2 N–H and O–H groups in total. The minimum absolute atomic E-state index is 0.193. The highest BCUT2D eigenvalue weighted by Gasteiger charge is 2.31. The third-order valence-corrected chi connectivity index (χ3v) is 7.63. The maximum absolute atomic E-state index is 12.8. The molecule has 0 unspecified atom stereocenters. The quantitative estimate of drug-likeness (QED) is 0.223. The van der Waals surface area contributed by atoms with Crippen LogP contribution in [0.1, 0.15) is 30.0 Å². The van der Waals surface area contributed by atoms with Gasteiger partial charge in [-0.25, -0.2) is 0 Å². The normalized spacial score (nSPS) is 14.4. The summed E-state index contributed by atoms with van der Waals surface area (Å²) in [5, 5.41) is 1.10. The van der Waals surface area contributed by atoms with Crippen molar-refractivity contribution in [2.24, 2.45) is 11.7 Å². The Bertz CT molecular complexity index is 1460. The van der Waals surface area contributed by atoms with Crippen molar-refractivity contribution in [2.45, 2.75) is 45.6 Å². The minimum atomic E-state index is -4.72. The second-order valence-electron chi connectivity index (χ2n) is 10.6. The molecule has 5 rings (SSSR count). The Balaban J connectivity index is 1.37. The number of fused-ring (bicyclic) bond motifs is 1. The average molecular weight is 552 g/mol. The number of rotatable bonds is 11. The van der Waals surface area contributed by atoms with Crippen molar-refractivity contribution in [3.63, 3.8) is 0 Å². The van der Waals surface area contributed by atoms with Gasteiger partial charge in [0.2, 0.25) is 0 Å². The molecule has 1 aliphatic heterocycles. The minimum Gasteiger partial charge on any atom is -0.497 e. The molecule has 0 saturated carbocycles. The largest absolute Gasteiger partial charge is 0.573 e. The monoisotopic (exact) mass is 551 g/mol. The lowest BCUT2D eigenvalue weighted by Crippen LogP contribution is -2.46. The number of hydrogen-bond acceptors (Lipinski definition) is 4. The van der Waals surface area contributed by atoms with E-state index < -0.39 is 6.36 Å². The number of benzene rings is 3. The smallest absolute Gasteiger partial charge is 0.497 e. The molecule has 0 spiro atoms. The zero-order chi connectivity index (χ0) is 28.3. The number of alkyl halides is 3. The third kappa shape index (κ3) is 6.45. The predicted molar refractivity (Wildman–Crippen MR) is 153 cm³/mol. The van der Waals surface area contributed by atoms with E-state index >= 15 is 0 Å². The van der Waals surface area contributed by atoms with Gasteiger partial charge in [-0.2, -0.15) is 0 Å². The molecule has 0 aliphatic carbocycles. The molecule has 0 amide bonds. The number of aromatic nitrogens is 1. The van der Waals surface area contributed by atoms with Gasteiger partial charge in [-0.15, -0.1) is 13.2 Å². The van der Waals surface area contributed by atoms with Crippen LogP contribution >= 0.6 is 0 Å². The molecule has 0 radical (unpaired) electrons. The molecule has 8 heteroatoms. The molecule has 4 aromatic rings. The van der Waals surface area contributed by atoms with Gasteiger partial charge in [-0.1, -0.05) is 31.2 Å². The first-order chi connectivity index (χ1) is 19.3. The lowest BCUT2D eigenvalue weighted by Gasteiger charge is -2.39. The highest BCUT2D eigenvalue weighted by atomic mass is 19.4. The maximum Gasteiger partial charge on any atom is 0.573 e. The van der Waals surface area contributed by atoms with Crippen molar-refractivity contribution in [2.75, 3.05) is 26.7 Å². The first-order valence-electron chi connectivity index (χ1n) is 13.8. The SMILES string of the molecule is CCc1cc(OC(F)(F)F)ccc1-c1cn(CCCN)c2ccc(CN3CC(Cc4cccc(OC)c4)C3)cc12. The molecule has 0 atom stereocenters. The number of nitrogens with zero attached hydrogens (tertiary/aromatic N) is 2. The number of likely N-dealkylation sites (tertiary alicyclic amines) is 1. The van der Waals surface area contributed by atoms with E-state index in [-0.39, 0.29) is 5.75 Å². The van der Waals surface area contributed by atoms with Gasteiger partial charge in [-0.3, -0.25) is 4.90 Å². The van der Waals surface area contributed by atoms with Crippen molar-refractivity contribution in [3.8, 4) is 22.6 Å². The lowest BCUT2D eigenvalue weighted by atomic mass is 9.91. The van der Waals surface area contributed by atoms with Gasteiger partial charge < -0.3 is 19.8 Å². The van der Waals surface area contributed by atoms with E-state index in [2.05, 4.69) is 50.7 Å². The zero-order valence-electron chi connectivity index (χ0n) is 23.0. The standard InChI is InChI=1S/C32H36F3N3O2/c1-3-25-17-27(40-32(33,34)35)9-10-28(25)30-21-38(13-5-12-36)31-11-8-23(16-29(30)31)18-37-19-24(20-37)14-22-6-4-7-26(15-22)39-2/h4,6-11,15-17,21,24H,3,5,12-14,18-20,36H2,1-2H3. The zero-order valence-corrected chi connectivity index (χ0v) is 23.0. The summed E-state index contributed by atoms with van der Waals surface area (Å²) in [5.41, 5.74) is 12.2. The summed E-state index contributed by atoms with van der Waals surface area (Å²) >= 11 is 0. The van der Waals surface area contributed by atoms with Crippen molar-refractivity contribution >= 4 is 10.9 Å². The summed E-state index contributed by atoms with van der Waals surface area (Å²) in [5.74, 6) is 1.32. The van der Waals surface area contributed by atoms with Crippen LogP contribution in [0.15, 0.2) is 66.9 Å². The van der Waals surface area contributed by atoms with Crippen molar-refractivity contribution in [3.05, 3.63) is 83.6 Å². The number of halogens is 3. The van der Waals surface area contributed by atoms with Gasteiger partial charge >= 0.3 is 6.36 Å². The van der Waals surface area contributed by atoms with E-state index in [4.69, 9.17) is 10.5 Å². The molecular formula is C32H36F3N3O2. The summed E-state index contributed by atoms with van der Waals surface area (Å²) in [6.45, 7) is 6.25. The van der Waals surface area contributed by atoms with Crippen LogP contribution in [0.3, 0.4) is 0 Å². The van der Waals surface area contributed by atoms with E-state index in [0.717, 1.165) is 72.4 Å². The predicted octanol–water partition coefficient (Wildman–Crippen LogP) is 6.80. The molecular weight excluding hydrogens is 515 g/mol. The Morgan fingerprint density at radius 2 is 1.77 bits per heavy atom. The Hall–Kier alpha value is -3.49. The van der Waals surface area contributed by atoms with Crippen molar-refractivity contribution in [1.82, 2.24) is 9.47 Å². The molecule has 40 heavy (non-hydrogen) atoms. The number of ether oxygens (including phenoxy) is 2. The van der Waals surface area contributed by atoms with Gasteiger partial charge in [0.25, 0.3) is 0 Å². The molecule has 1 aromatic heterocycles. The molecule has 1 aliphatic rings. The number of nitrogens with two attached hydrogens (primary N) is 1. The second kappa shape index (κ2) is 11.9. The lowest BCUT2D eigenvalue weighted by molar-refractivity contribution is -0.274. The molecule has 212 valence electrons. The van der Waals surface area contributed by atoms with Gasteiger partial charge in [-0.05, 0) is 90.4 Å². The fourth-order valence-electron chi connectivity index (χ4n) is 5.75. The highest BCUT2D eigenvalue weighted by molar-refractivity contribution is 5.97. The Morgan fingerprint density at radius 1 is 0.950 bits per heavy atom. The van der Waals surface area contributed by atoms with Crippen molar-refractivity contribution < 1.29 is 22.6 Å². The average Bonchev–Trinajstić information content (AvgIpc) is 3.27. The summed E-state index contributed by atoms with van der Waals surface area (Å²) in [6, 6.07) is 19.5. The van der Waals surface area contributed by atoms with Crippen LogP contribution in [-0.2, 0) is 25.9 Å². The summed E-state index contributed by atoms with van der Waals surface area (Å²) in [7, 11) is 1.69. The third-order valence-electron chi connectivity index (χ3n) is 7.63. The van der Waals surface area contributed by atoms with Crippen LogP contribution in [0, 0.1) is 5.92 Å². The first-order valence-corrected chi connectivity index (χ1v) is 13.8. The fourth-order valence-corrected chi connectivity index (χ4v) is 5.75. The van der Waals surface area contributed by atoms with Crippen LogP contribution in [0.5, 0.6) is 11.5 Å². The highest BCUT2D eigenvalue weighted by Crippen LogP contribution is 2.37. The number of methoxy groups -OCH3 is 1. The van der Waals surface area contributed by atoms with Crippen LogP contribution in [0.2, 0.25) is 0 Å². The molecule has 5 nitrogen and oxygen atoms in total. The molecule has 3 aromatic carbocycles. The topological polar surface area (TPSA) is 52.7 Å². The first kappa shape index (κ1) is 28.1. The summed E-state index contributed by atoms with van der Waals surface area (Å²) in [4.78, 5) is 2.46. The summed E-state index contributed by atoms with van der Waals surface area (Å²) in [6.07, 6.45) is -0.149. The van der Waals surface area contributed by atoms with Gasteiger partial charge in [0.05, 0.1) is 7.11 Å². The van der Waals surface area contributed by atoms with E-state index in [9.17, 15) is 13.2 Å². The molecule has 2 heterocycles. The van der Waals surface area contributed by atoms with Crippen LogP contribution < -0.4 is 15.2 Å². The number of hydrogen-bond donors (Lipinski definition) is 1. The van der Waals surface area contributed by atoms with Crippen LogP contribution in [0.4, 0.5) is 13.2 Å². The fraction of sp³-hybridized carbons (Fsp3) is 0.375. The van der Waals surface area contributed by atoms with Crippen molar-refractivity contribution in [1.29, 1.82) is 0 Å². The van der Waals surface area contributed by atoms with Crippen LogP contribution in [-0.4, -0.2) is 42.6 Å². The molecule has 1 saturated heterocycles. The molecule has 0 bridgehead atoms. The molecule has 1 fully saturated rings. The van der Waals surface area contributed by atoms with Gasteiger partial charge in [0.1, 0.15) is 11.5 Å².